The van der Waals surface area contributed by atoms with Crippen molar-refractivity contribution in [1.29, 1.82) is 0 Å². The van der Waals surface area contributed by atoms with Crippen molar-refractivity contribution < 1.29 is 4.79 Å². The van der Waals surface area contributed by atoms with Crippen molar-refractivity contribution >= 4 is 18.0 Å². The van der Waals surface area contributed by atoms with E-state index < -0.39 is 0 Å². The van der Waals surface area contributed by atoms with E-state index in [9.17, 15) is 4.79 Å². The van der Waals surface area contributed by atoms with E-state index in [-0.39, 0.29) is 0 Å². The van der Waals surface area contributed by atoms with Gasteiger partial charge in [-0.05, 0) is 24.5 Å². The Hall–Kier alpha value is 0.0200. The van der Waals surface area contributed by atoms with Gasteiger partial charge in [-0.2, -0.15) is 11.8 Å². The molecule has 1 heterocycles. The molecule has 0 bridgehead atoms. The number of rotatable bonds is 3. The molecule has 0 aliphatic carbocycles. The van der Waals surface area contributed by atoms with Gasteiger partial charge >= 0.3 is 0 Å². The SMILES string of the molecule is CC1SCCC1CCC=O. The van der Waals surface area contributed by atoms with Crippen LogP contribution in [0.1, 0.15) is 26.2 Å². The third-order valence-electron chi connectivity index (χ3n) is 2.19. The van der Waals surface area contributed by atoms with Crippen LogP contribution in [0.15, 0.2) is 0 Å². The molecule has 0 saturated carbocycles. The Morgan fingerprint density at radius 3 is 3.00 bits per heavy atom. The molecular weight excluding hydrogens is 144 g/mol. The normalized spacial score (nSPS) is 32.5. The fourth-order valence-corrected chi connectivity index (χ4v) is 2.79. The molecule has 0 N–H and O–H groups in total. The molecule has 2 unspecified atom stereocenters. The first-order valence-electron chi connectivity index (χ1n) is 3.90. The van der Waals surface area contributed by atoms with Gasteiger partial charge in [-0.25, -0.2) is 0 Å². The highest BCUT2D eigenvalue weighted by atomic mass is 32.2. The molecule has 58 valence electrons. The van der Waals surface area contributed by atoms with E-state index in [1.807, 2.05) is 11.8 Å². The summed E-state index contributed by atoms with van der Waals surface area (Å²) >= 11 is 2.04. The van der Waals surface area contributed by atoms with Crippen molar-refractivity contribution in [3.63, 3.8) is 0 Å². The highest BCUT2D eigenvalue weighted by Gasteiger charge is 2.22. The lowest BCUT2D eigenvalue weighted by atomic mass is 9.98. The van der Waals surface area contributed by atoms with Crippen molar-refractivity contribution in [2.24, 2.45) is 5.92 Å². The minimum Gasteiger partial charge on any atom is -0.303 e. The zero-order chi connectivity index (χ0) is 7.40. The Bertz CT molecular complexity index is 114. The lowest BCUT2D eigenvalue weighted by Crippen LogP contribution is -2.06. The second-order valence-electron chi connectivity index (χ2n) is 2.87. The molecule has 0 aromatic heterocycles. The summed E-state index contributed by atoms with van der Waals surface area (Å²) in [5.74, 6) is 2.11. The van der Waals surface area contributed by atoms with Gasteiger partial charge in [0.2, 0.25) is 0 Å². The predicted octanol–water partition coefficient (Wildman–Crippen LogP) is 2.11. The van der Waals surface area contributed by atoms with Gasteiger partial charge in [-0.3, -0.25) is 0 Å². The lowest BCUT2D eigenvalue weighted by molar-refractivity contribution is -0.108. The van der Waals surface area contributed by atoms with E-state index in [0.29, 0.717) is 0 Å². The van der Waals surface area contributed by atoms with E-state index in [2.05, 4.69) is 6.92 Å². The van der Waals surface area contributed by atoms with Gasteiger partial charge in [0, 0.05) is 11.7 Å². The smallest absolute Gasteiger partial charge is 0.120 e. The first-order valence-corrected chi connectivity index (χ1v) is 4.94. The van der Waals surface area contributed by atoms with Crippen molar-refractivity contribution in [2.75, 3.05) is 5.75 Å². The maximum Gasteiger partial charge on any atom is 0.120 e. The van der Waals surface area contributed by atoms with Crippen LogP contribution in [0.25, 0.3) is 0 Å². The van der Waals surface area contributed by atoms with Crippen molar-refractivity contribution in [3.05, 3.63) is 0 Å². The molecule has 0 aromatic rings. The molecule has 1 rings (SSSR count). The van der Waals surface area contributed by atoms with E-state index in [1.165, 1.54) is 12.2 Å². The van der Waals surface area contributed by atoms with Crippen molar-refractivity contribution in [2.45, 2.75) is 31.4 Å². The number of carbonyl (C=O) groups is 1. The molecule has 0 aromatic carbocycles. The third kappa shape index (κ3) is 2.01. The van der Waals surface area contributed by atoms with Crippen LogP contribution in [0.4, 0.5) is 0 Å². The maximum absolute atomic E-state index is 10.1. The Kier molecular flexibility index (Phi) is 3.26. The Morgan fingerprint density at radius 1 is 1.70 bits per heavy atom. The zero-order valence-corrected chi connectivity index (χ0v) is 7.19. The monoisotopic (exact) mass is 158 g/mol. The Balaban J connectivity index is 2.19. The van der Waals surface area contributed by atoms with Gasteiger partial charge in [0.1, 0.15) is 6.29 Å². The number of aldehydes is 1. The van der Waals surface area contributed by atoms with Crippen LogP contribution in [0.3, 0.4) is 0 Å². The molecule has 1 saturated heterocycles. The van der Waals surface area contributed by atoms with Gasteiger partial charge in [-0.1, -0.05) is 6.92 Å². The van der Waals surface area contributed by atoms with Crippen LogP contribution < -0.4 is 0 Å². The third-order valence-corrected chi connectivity index (χ3v) is 3.57. The van der Waals surface area contributed by atoms with Crippen molar-refractivity contribution in [3.8, 4) is 0 Å². The molecule has 1 nitrogen and oxygen atoms in total. The zero-order valence-electron chi connectivity index (χ0n) is 6.38. The van der Waals surface area contributed by atoms with Crippen LogP contribution in [0.5, 0.6) is 0 Å². The quantitative estimate of drug-likeness (QED) is 0.585. The Labute approximate surface area is 66.6 Å². The lowest BCUT2D eigenvalue weighted by Gasteiger charge is -2.11. The second-order valence-corrected chi connectivity index (χ2v) is 4.35. The molecule has 1 aliphatic rings. The average Bonchev–Trinajstić information content (AvgIpc) is 2.31. The molecule has 10 heavy (non-hydrogen) atoms. The largest absolute Gasteiger partial charge is 0.303 e. The summed E-state index contributed by atoms with van der Waals surface area (Å²) in [6, 6.07) is 0. The summed E-state index contributed by atoms with van der Waals surface area (Å²) in [4.78, 5) is 10.1. The fraction of sp³-hybridized carbons (Fsp3) is 0.875. The van der Waals surface area contributed by atoms with E-state index in [0.717, 1.165) is 30.3 Å². The van der Waals surface area contributed by atoms with Gasteiger partial charge in [0.15, 0.2) is 0 Å². The summed E-state index contributed by atoms with van der Waals surface area (Å²) in [6.45, 7) is 2.27. The molecule has 0 amide bonds. The molecule has 1 aliphatic heterocycles. The standard InChI is InChI=1S/C8H14OS/c1-7-8(3-2-5-9)4-6-10-7/h5,7-8H,2-4,6H2,1H3. The van der Waals surface area contributed by atoms with Crippen LogP contribution in [-0.4, -0.2) is 17.3 Å². The summed E-state index contributed by atoms with van der Waals surface area (Å²) < 4.78 is 0. The van der Waals surface area contributed by atoms with Gasteiger partial charge < -0.3 is 4.79 Å². The molecule has 0 spiro atoms. The van der Waals surface area contributed by atoms with Crippen LogP contribution in [0.2, 0.25) is 0 Å². The predicted molar refractivity (Wildman–Crippen MR) is 45.3 cm³/mol. The first kappa shape index (κ1) is 8.12. The molecule has 1 fully saturated rings. The molecule has 2 atom stereocenters. The van der Waals surface area contributed by atoms with Gasteiger partial charge in [-0.15, -0.1) is 0 Å². The highest BCUT2D eigenvalue weighted by Crippen LogP contribution is 2.34. The minimum absolute atomic E-state index is 0.759. The Morgan fingerprint density at radius 2 is 2.50 bits per heavy atom. The molecular formula is C8H14OS. The van der Waals surface area contributed by atoms with E-state index in [4.69, 9.17) is 0 Å². The number of hydrogen-bond donors (Lipinski definition) is 0. The summed E-state index contributed by atoms with van der Waals surface area (Å²) in [7, 11) is 0. The first-order chi connectivity index (χ1) is 4.84. The highest BCUT2D eigenvalue weighted by molar-refractivity contribution is 8.00. The summed E-state index contributed by atoms with van der Waals surface area (Å²) in [6.07, 6.45) is 4.22. The summed E-state index contributed by atoms with van der Waals surface area (Å²) in [5, 5.41) is 0.792. The van der Waals surface area contributed by atoms with Gasteiger partial charge in [0.05, 0.1) is 0 Å². The number of carbonyl (C=O) groups excluding carboxylic acids is 1. The molecule has 2 heteroatoms. The van der Waals surface area contributed by atoms with E-state index >= 15 is 0 Å². The second kappa shape index (κ2) is 4.02. The summed E-state index contributed by atoms with van der Waals surface area (Å²) in [5.41, 5.74) is 0. The number of thioether (sulfide) groups is 1. The van der Waals surface area contributed by atoms with E-state index in [1.54, 1.807) is 0 Å². The topological polar surface area (TPSA) is 17.1 Å². The molecule has 0 radical (unpaired) electrons. The maximum atomic E-state index is 10.1. The van der Waals surface area contributed by atoms with Crippen LogP contribution >= 0.6 is 11.8 Å². The van der Waals surface area contributed by atoms with Crippen LogP contribution in [0, 0.1) is 5.92 Å². The van der Waals surface area contributed by atoms with Gasteiger partial charge in [0.25, 0.3) is 0 Å². The van der Waals surface area contributed by atoms with Crippen molar-refractivity contribution in [1.82, 2.24) is 0 Å². The average molecular weight is 158 g/mol. The minimum atomic E-state index is 0.759. The fourth-order valence-electron chi connectivity index (χ4n) is 1.44. The van der Waals surface area contributed by atoms with Crippen LogP contribution in [-0.2, 0) is 4.79 Å². The number of hydrogen-bond acceptors (Lipinski definition) is 2.